The highest BCUT2D eigenvalue weighted by atomic mass is 16.5. The molecular formula is C23H20N4O2. The molecule has 0 saturated carbocycles. The maximum Gasteiger partial charge on any atom is 0.255 e. The Morgan fingerprint density at radius 1 is 1.07 bits per heavy atom. The quantitative estimate of drug-likeness (QED) is 0.548. The van der Waals surface area contributed by atoms with Crippen LogP contribution in [0.25, 0.3) is 16.9 Å². The van der Waals surface area contributed by atoms with Crippen molar-refractivity contribution < 1.29 is 9.53 Å². The molecule has 0 aliphatic rings. The van der Waals surface area contributed by atoms with Crippen LogP contribution in [0.3, 0.4) is 0 Å². The van der Waals surface area contributed by atoms with Crippen molar-refractivity contribution in [3.8, 4) is 22.7 Å². The van der Waals surface area contributed by atoms with Crippen LogP contribution in [0.5, 0.6) is 5.75 Å². The summed E-state index contributed by atoms with van der Waals surface area (Å²) < 4.78 is 6.95. The first-order valence-corrected chi connectivity index (χ1v) is 9.21. The van der Waals surface area contributed by atoms with E-state index in [1.54, 1.807) is 30.4 Å². The predicted octanol–water partition coefficient (Wildman–Crippen LogP) is 3.87. The van der Waals surface area contributed by atoms with Gasteiger partial charge in [-0.1, -0.05) is 30.3 Å². The summed E-state index contributed by atoms with van der Waals surface area (Å²) in [5.74, 6) is 0.554. The second-order valence-electron chi connectivity index (χ2n) is 6.45. The van der Waals surface area contributed by atoms with Crippen LogP contribution in [-0.4, -0.2) is 27.8 Å². The minimum atomic E-state index is -0.200. The minimum absolute atomic E-state index is 0.200. The largest absolute Gasteiger partial charge is 0.497 e. The van der Waals surface area contributed by atoms with Crippen molar-refractivity contribution >= 4 is 5.91 Å². The number of nitrogens with zero attached hydrogens (tertiary/aromatic N) is 3. The van der Waals surface area contributed by atoms with Gasteiger partial charge in [-0.2, -0.15) is 5.10 Å². The van der Waals surface area contributed by atoms with Crippen LogP contribution in [0.4, 0.5) is 0 Å². The van der Waals surface area contributed by atoms with Crippen LogP contribution in [0.15, 0.2) is 85.3 Å². The molecule has 1 N–H and O–H groups in total. The topological polar surface area (TPSA) is 69.0 Å². The normalized spacial score (nSPS) is 10.5. The van der Waals surface area contributed by atoms with Crippen LogP contribution in [0.1, 0.15) is 15.9 Å². The van der Waals surface area contributed by atoms with Crippen LogP contribution in [0.2, 0.25) is 0 Å². The molecule has 1 amide bonds. The summed E-state index contributed by atoms with van der Waals surface area (Å²) >= 11 is 0. The summed E-state index contributed by atoms with van der Waals surface area (Å²) in [6, 6.07) is 21.0. The monoisotopic (exact) mass is 384 g/mol. The number of carbonyl (C=O) groups is 1. The lowest BCUT2D eigenvalue weighted by Crippen LogP contribution is -2.23. The maximum absolute atomic E-state index is 13.0. The SMILES string of the molecule is COc1cccc(CNC(=O)c2cn(-c3ccccc3)nc2-c2cccnc2)c1. The Labute approximate surface area is 168 Å². The molecule has 0 aliphatic heterocycles. The molecular weight excluding hydrogens is 364 g/mol. The lowest BCUT2D eigenvalue weighted by Gasteiger charge is -2.07. The number of pyridine rings is 1. The summed E-state index contributed by atoms with van der Waals surface area (Å²) in [6.07, 6.45) is 5.15. The number of ether oxygens (including phenoxy) is 1. The van der Waals surface area contributed by atoms with Gasteiger partial charge in [0.1, 0.15) is 11.4 Å². The number of rotatable bonds is 6. The molecule has 29 heavy (non-hydrogen) atoms. The van der Waals surface area contributed by atoms with Gasteiger partial charge >= 0.3 is 0 Å². The van der Waals surface area contributed by atoms with Crippen LogP contribution in [-0.2, 0) is 6.54 Å². The fraction of sp³-hybridized carbons (Fsp3) is 0.0870. The van der Waals surface area contributed by atoms with E-state index in [9.17, 15) is 4.79 Å². The van der Waals surface area contributed by atoms with E-state index in [1.807, 2.05) is 66.7 Å². The van der Waals surface area contributed by atoms with E-state index in [2.05, 4.69) is 15.4 Å². The van der Waals surface area contributed by atoms with Gasteiger partial charge in [0, 0.05) is 30.7 Å². The number of hydrogen-bond donors (Lipinski definition) is 1. The molecule has 0 spiro atoms. The molecule has 6 nitrogen and oxygen atoms in total. The molecule has 0 radical (unpaired) electrons. The van der Waals surface area contributed by atoms with E-state index >= 15 is 0 Å². The molecule has 4 aromatic rings. The van der Waals surface area contributed by atoms with Crippen molar-refractivity contribution in [3.63, 3.8) is 0 Å². The van der Waals surface area contributed by atoms with Gasteiger partial charge in [0.25, 0.3) is 5.91 Å². The zero-order valence-corrected chi connectivity index (χ0v) is 15.9. The van der Waals surface area contributed by atoms with Gasteiger partial charge in [-0.15, -0.1) is 0 Å². The molecule has 0 unspecified atom stereocenters. The Bertz CT molecular complexity index is 1110. The van der Waals surface area contributed by atoms with E-state index in [4.69, 9.17) is 4.74 Å². The number of benzene rings is 2. The van der Waals surface area contributed by atoms with E-state index in [-0.39, 0.29) is 5.91 Å². The third kappa shape index (κ3) is 4.16. The minimum Gasteiger partial charge on any atom is -0.497 e. The highest BCUT2D eigenvalue weighted by Crippen LogP contribution is 2.23. The van der Waals surface area contributed by atoms with Crippen LogP contribution >= 0.6 is 0 Å². The van der Waals surface area contributed by atoms with E-state index in [0.717, 1.165) is 22.6 Å². The molecule has 0 atom stereocenters. The number of aromatic nitrogens is 3. The summed E-state index contributed by atoms with van der Waals surface area (Å²) in [4.78, 5) is 17.2. The van der Waals surface area contributed by atoms with Crippen molar-refractivity contribution in [3.05, 3.63) is 96.4 Å². The van der Waals surface area contributed by atoms with Crippen LogP contribution in [0, 0.1) is 0 Å². The molecule has 0 saturated heterocycles. The van der Waals surface area contributed by atoms with Gasteiger partial charge in [0.15, 0.2) is 0 Å². The smallest absolute Gasteiger partial charge is 0.255 e. The van der Waals surface area contributed by atoms with Crippen molar-refractivity contribution in [2.24, 2.45) is 0 Å². The van der Waals surface area contributed by atoms with Crippen molar-refractivity contribution in [2.45, 2.75) is 6.54 Å². The van der Waals surface area contributed by atoms with Gasteiger partial charge in [-0.05, 0) is 42.0 Å². The summed E-state index contributed by atoms with van der Waals surface area (Å²) in [7, 11) is 1.62. The number of amides is 1. The fourth-order valence-corrected chi connectivity index (χ4v) is 3.03. The lowest BCUT2D eigenvalue weighted by atomic mass is 10.1. The van der Waals surface area contributed by atoms with Gasteiger partial charge in [-0.25, -0.2) is 4.68 Å². The number of nitrogens with one attached hydrogen (secondary N) is 1. The molecule has 2 aromatic heterocycles. The maximum atomic E-state index is 13.0. The fourth-order valence-electron chi connectivity index (χ4n) is 3.03. The number of hydrogen-bond acceptors (Lipinski definition) is 4. The zero-order chi connectivity index (χ0) is 20.1. The van der Waals surface area contributed by atoms with Crippen molar-refractivity contribution in [1.29, 1.82) is 0 Å². The van der Waals surface area contributed by atoms with Gasteiger partial charge in [0.05, 0.1) is 18.4 Å². The molecule has 6 heteroatoms. The molecule has 0 fully saturated rings. The standard InChI is InChI=1S/C23H20N4O2/c1-29-20-11-5-7-17(13-20)14-25-23(28)21-16-27(19-9-3-2-4-10-19)26-22(21)18-8-6-12-24-15-18/h2-13,15-16H,14H2,1H3,(H,25,28). The Morgan fingerprint density at radius 2 is 1.93 bits per heavy atom. The second kappa shape index (κ2) is 8.39. The first kappa shape index (κ1) is 18.4. The second-order valence-corrected chi connectivity index (χ2v) is 6.45. The Kier molecular flexibility index (Phi) is 5.33. The Balaban J connectivity index is 1.64. The Morgan fingerprint density at radius 3 is 2.69 bits per heavy atom. The Hall–Kier alpha value is -3.93. The first-order valence-electron chi connectivity index (χ1n) is 9.21. The third-order valence-electron chi connectivity index (χ3n) is 4.50. The average molecular weight is 384 g/mol. The molecule has 0 bridgehead atoms. The molecule has 2 aromatic carbocycles. The average Bonchev–Trinajstić information content (AvgIpc) is 3.24. The van der Waals surface area contributed by atoms with Gasteiger partial charge in [-0.3, -0.25) is 9.78 Å². The molecule has 4 rings (SSSR count). The summed E-state index contributed by atoms with van der Waals surface area (Å²) in [6.45, 7) is 0.388. The van der Waals surface area contributed by atoms with E-state index in [1.165, 1.54) is 0 Å². The zero-order valence-electron chi connectivity index (χ0n) is 15.9. The van der Waals surface area contributed by atoms with E-state index < -0.39 is 0 Å². The van der Waals surface area contributed by atoms with Crippen molar-refractivity contribution in [2.75, 3.05) is 7.11 Å². The number of carbonyl (C=O) groups excluding carboxylic acids is 1. The van der Waals surface area contributed by atoms with E-state index in [0.29, 0.717) is 17.8 Å². The molecule has 144 valence electrons. The molecule has 2 heterocycles. The lowest BCUT2D eigenvalue weighted by molar-refractivity contribution is 0.0951. The third-order valence-corrected chi connectivity index (χ3v) is 4.50. The highest BCUT2D eigenvalue weighted by Gasteiger charge is 2.18. The van der Waals surface area contributed by atoms with Gasteiger partial charge < -0.3 is 10.1 Å². The van der Waals surface area contributed by atoms with Crippen molar-refractivity contribution in [1.82, 2.24) is 20.1 Å². The molecule has 0 aliphatic carbocycles. The predicted molar refractivity (Wildman–Crippen MR) is 111 cm³/mol. The van der Waals surface area contributed by atoms with Gasteiger partial charge in [0.2, 0.25) is 0 Å². The number of para-hydroxylation sites is 1. The summed E-state index contributed by atoms with van der Waals surface area (Å²) in [5.41, 5.74) is 3.70. The van der Waals surface area contributed by atoms with Crippen LogP contribution < -0.4 is 10.1 Å². The summed E-state index contributed by atoms with van der Waals surface area (Å²) in [5, 5.41) is 7.62. The number of methoxy groups -OCH3 is 1. The first-order chi connectivity index (χ1) is 14.2. The highest BCUT2D eigenvalue weighted by molar-refractivity contribution is 5.99.